The fourth-order valence-electron chi connectivity index (χ4n) is 2.27. The predicted octanol–water partition coefficient (Wildman–Crippen LogP) is 0.687. The van der Waals surface area contributed by atoms with Gasteiger partial charge in [-0.25, -0.2) is 8.78 Å². The molecule has 0 amide bonds. The van der Waals surface area contributed by atoms with E-state index in [0.717, 1.165) is 0 Å². The molecule has 2 fully saturated rings. The lowest BCUT2D eigenvalue weighted by molar-refractivity contribution is -0.141. The second-order valence-corrected chi connectivity index (χ2v) is 4.45. The van der Waals surface area contributed by atoms with E-state index in [-0.39, 0.29) is 42.1 Å². The van der Waals surface area contributed by atoms with Crippen LogP contribution in [0.5, 0.6) is 0 Å². The molecule has 2 aliphatic carbocycles. The number of Topliss-reactive ketones (excluding diaryl/α,β-unsaturated/α-hetero) is 1. The number of fused-ring (bicyclic) bond motifs is 1. The van der Waals surface area contributed by atoms with E-state index in [1.54, 1.807) is 6.92 Å². The van der Waals surface area contributed by atoms with Gasteiger partial charge in [-0.05, 0) is 19.3 Å². The minimum Gasteiger partial charge on any atom is -0.465 e. The lowest BCUT2D eigenvalue weighted by Gasteiger charge is -2.08. The summed E-state index contributed by atoms with van der Waals surface area (Å²) in [6.45, 7) is 1.49. The third-order valence-electron chi connectivity index (χ3n) is 3.20. The summed E-state index contributed by atoms with van der Waals surface area (Å²) in [7, 11) is 0. The Morgan fingerprint density at radius 3 is 2.79 bits per heavy atom. The molecule has 5 nitrogen and oxygen atoms in total. The van der Waals surface area contributed by atoms with E-state index in [2.05, 4.69) is 9.73 Å². The minimum atomic E-state index is -2.82. The Hall–Kier alpha value is -1.79. The number of hydrogen-bond acceptors (Lipinski definition) is 5. The summed E-state index contributed by atoms with van der Waals surface area (Å²) in [4.78, 5) is 26.8. The smallest absolute Gasteiger partial charge is 0.327 e. The zero-order valence-corrected chi connectivity index (χ0v) is 10.4. The Morgan fingerprint density at radius 1 is 1.53 bits per heavy atom. The molecule has 0 bridgehead atoms. The molecule has 0 saturated heterocycles. The first-order chi connectivity index (χ1) is 8.97. The maximum absolute atomic E-state index is 12.7. The largest absolute Gasteiger partial charge is 0.465 e. The first-order valence-electron chi connectivity index (χ1n) is 5.99. The van der Waals surface area contributed by atoms with Crippen molar-refractivity contribution >= 4 is 17.5 Å². The van der Waals surface area contributed by atoms with Gasteiger partial charge in [0.2, 0.25) is 0 Å². The van der Waals surface area contributed by atoms with Crippen LogP contribution in [0.3, 0.4) is 0 Å². The molecule has 0 heterocycles. The van der Waals surface area contributed by atoms with Crippen molar-refractivity contribution in [1.82, 2.24) is 0 Å². The van der Waals surface area contributed by atoms with Gasteiger partial charge in [-0.15, -0.1) is 0 Å². The second-order valence-electron chi connectivity index (χ2n) is 4.45. The van der Waals surface area contributed by atoms with E-state index in [1.165, 1.54) is 0 Å². The fraction of sp³-hybridized carbons (Fsp3) is 0.583. The molecular weight excluding hydrogens is 258 g/mol. The Kier molecular flexibility index (Phi) is 3.64. The van der Waals surface area contributed by atoms with E-state index >= 15 is 0 Å². The van der Waals surface area contributed by atoms with Crippen molar-refractivity contribution in [3.8, 4) is 0 Å². The molecule has 2 unspecified atom stereocenters. The van der Waals surface area contributed by atoms with Gasteiger partial charge in [0, 0.05) is 11.5 Å². The number of halogens is 2. The Balaban J connectivity index is 2.22. The van der Waals surface area contributed by atoms with Gasteiger partial charge in [0.15, 0.2) is 5.78 Å². The molecule has 0 aromatic heterocycles. The van der Waals surface area contributed by atoms with Gasteiger partial charge in [-0.2, -0.15) is 0 Å². The quantitative estimate of drug-likeness (QED) is 0.763. The number of aliphatic imine (C=N–C) groups is 1. The number of ether oxygens (including phenoxy) is 1. The number of rotatable bonds is 4. The summed E-state index contributed by atoms with van der Waals surface area (Å²) in [6, 6.07) is 0. The number of nitrogens with two attached hydrogens (primary N) is 1. The predicted molar refractivity (Wildman–Crippen MR) is 62.8 cm³/mol. The van der Waals surface area contributed by atoms with Crippen molar-refractivity contribution in [1.29, 1.82) is 0 Å². The van der Waals surface area contributed by atoms with E-state index in [4.69, 9.17) is 5.73 Å². The van der Waals surface area contributed by atoms with Crippen LogP contribution in [0.4, 0.5) is 8.78 Å². The zero-order valence-electron chi connectivity index (χ0n) is 10.4. The summed E-state index contributed by atoms with van der Waals surface area (Å²) < 4.78 is 30.0. The number of nitrogens with zero attached hydrogens (tertiary/aromatic N) is 1. The molecule has 7 heteroatoms. The monoisotopic (exact) mass is 272 g/mol. The highest BCUT2D eigenvalue weighted by atomic mass is 19.3. The van der Waals surface area contributed by atoms with Crippen molar-refractivity contribution in [2.45, 2.75) is 19.8 Å². The minimum absolute atomic E-state index is 0.0768. The van der Waals surface area contributed by atoms with E-state index in [1.807, 2.05) is 0 Å². The van der Waals surface area contributed by atoms with Gasteiger partial charge in [-0.3, -0.25) is 14.6 Å². The van der Waals surface area contributed by atoms with Crippen molar-refractivity contribution < 1.29 is 23.1 Å². The third kappa shape index (κ3) is 2.50. The number of allylic oxidation sites excluding steroid dienone is 2. The normalized spacial score (nSPS) is 29.7. The van der Waals surface area contributed by atoms with Gasteiger partial charge in [0.1, 0.15) is 12.3 Å². The first kappa shape index (κ1) is 13.6. The summed E-state index contributed by atoms with van der Waals surface area (Å²) in [5, 5.41) is 0. The van der Waals surface area contributed by atoms with Crippen molar-refractivity contribution in [2.24, 2.45) is 22.6 Å². The third-order valence-corrected chi connectivity index (χ3v) is 3.20. The fourth-order valence-corrected chi connectivity index (χ4v) is 2.27. The highest BCUT2D eigenvalue weighted by Gasteiger charge is 2.56. The van der Waals surface area contributed by atoms with Gasteiger partial charge < -0.3 is 10.5 Å². The zero-order chi connectivity index (χ0) is 14.2. The summed E-state index contributed by atoms with van der Waals surface area (Å²) in [5.74, 6) is -1.43. The van der Waals surface area contributed by atoms with Crippen LogP contribution in [-0.2, 0) is 14.3 Å². The molecule has 104 valence electrons. The highest BCUT2D eigenvalue weighted by Crippen LogP contribution is 2.52. The highest BCUT2D eigenvalue weighted by molar-refractivity contribution is 6.51. The molecule has 19 heavy (non-hydrogen) atoms. The van der Waals surface area contributed by atoms with Crippen LogP contribution in [0, 0.1) is 11.8 Å². The summed E-state index contributed by atoms with van der Waals surface area (Å²) >= 11 is 0. The molecular formula is C12H14F2N2O3. The molecule has 0 aromatic rings. The lowest BCUT2D eigenvalue weighted by atomic mass is 10.1. The summed E-state index contributed by atoms with van der Waals surface area (Å²) in [6.07, 6.45) is -2.28. The molecule has 2 rings (SSSR count). The molecule has 0 radical (unpaired) electrons. The average Bonchev–Trinajstić information content (AvgIpc) is 3.08. The lowest BCUT2D eigenvalue weighted by Crippen LogP contribution is -2.21. The number of esters is 1. The number of alkyl halides is 2. The maximum atomic E-state index is 12.7. The number of carbonyl (C=O) groups excluding carboxylic acids is 2. The first-order valence-corrected chi connectivity index (χ1v) is 5.99. The summed E-state index contributed by atoms with van der Waals surface area (Å²) in [5.41, 5.74) is 4.77. The van der Waals surface area contributed by atoms with Crippen LogP contribution in [0.15, 0.2) is 16.3 Å². The van der Waals surface area contributed by atoms with Crippen LogP contribution in [-0.4, -0.2) is 37.0 Å². The Morgan fingerprint density at radius 2 is 2.21 bits per heavy atom. The van der Waals surface area contributed by atoms with Crippen LogP contribution in [0.2, 0.25) is 0 Å². The van der Waals surface area contributed by atoms with E-state index in [9.17, 15) is 18.4 Å². The van der Waals surface area contributed by atoms with Crippen molar-refractivity contribution in [3.05, 3.63) is 11.3 Å². The van der Waals surface area contributed by atoms with Gasteiger partial charge >= 0.3 is 5.97 Å². The van der Waals surface area contributed by atoms with Crippen molar-refractivity contribution in [3.63, 3.8) is 0 Å². The number of ketones is 1. The SMILES string of the molecule is CCOC(=O)CN=C1C(=O)C2CC2C1=C(N)C(F)F. The van der Waals surface area contributed by atoms with E-state index < -0.39 is 18.1 Å². The molecule has 2 atom stereocenters. The van der Waals surface area contributed by atoms with E-state index in [0.29, 0.717) is 6.42 Å². The number of carbonyl (C=O) groups is 2. The van der Waals surface area contributed by atoms with Gasteiger partial charge in [0.05, 0.1) is 12.3 Å². The molecule has 2 aliphatic rings. The molecule has 0 aliphatic heterocycles. The molecule has 2 N–H and O–H groups in total. The van der Waals surface area contributed by atoms with Crippen LogP contribution in [0.1, 0.15) is 13.3 Å². The maximum Gasteiger partial charge on any atom is 0.327 e. The standard InChI is InChI=1S/C12H14F2N2O3/c1-2-19-7(17)4-16-10-8(9(15)12(13)14)5-3-6(5)11(10)18/h5-6,12H,2-4,15H2,1H3. The van der Waals surface area contributed by atoms with Crippen LogP contribution >= 0.6 is 0 Å². The van der Waals surface area contributed by atoms with Gasteiger partial charge in [0.25, 0.3) is 6.43 Å². The topological polar surface area (TPSA) is 81.8 Å². The van der Waals surface area contributed by atoms with Crippen molar-refractivity contribution in [2.75, 3.05) is 13.2 Å². The molecule has 0 spiro atoms. The molecule has 2 saturated carbocycles. The average molecular weight is 272 g/mol. The number of hydrogen-bond donors (Lipinski definition) is 1. The molecule has 0 aromatic carbocycles. The Bertz CT molecular complexity index is 485. The van der Waals surface area contributed by atoms with Gasteiger partial charge in [-0.1, -0.05) is 0 Å². The van der Waals surface area contributed by atoms with Crippen LogP contribution in [0.25, 0.3) is 0 Å². The second kappa shape index (κ2) is 5.07. The van der Waals surface area contributed by atoms with Crippen LogP contribution < -0.4 is 5.73 Å². The Labute approximate surface area is 108 Å².